The summed E-state index contributed by atoms with van der Waals surface area (Å²) in [4.78, 5) is 24.1. The SMILES string of the molecule is COc1ccc(C2CC(c3cccc(Br)c3)=NN2C(=O)COc2ccc(C=O)cc2)cc1OC. The number of benzene rings is 3. The van der Waals surface area contributed by atoms with Gasteiger partial charge in [-0.05, 0) is 59.7 Å². The molecule has 0 aromatic heterocycles. The lowest BCUT2D eigenvalue weighted by molar-refractivity contribution is -0.135. The third-order valence-electron chi connectivity index (χ3n) is 5.49. The van der Waals surface area contributed by atoms with Crippen molar-refractivity contribution in [2.45, 2.75) is 12.5 Å². The van der Waals surface area contributed by atoms with Crippen molar-refractivity contribution in [2.24, 2.45) is 5.10 Å². The van der Waals surface area contributed by atoms with Crippen molar-refractivity contribution in [3.63, 3.8) is 0 Å². The summed E-state index contributed by atoms with van der Waals surface area (Å²) < 4.78 is 17.4. The van der Waals surface area contributed by atoms with Crippen LogP contribution in [0.3, 0.4) is 0 Å². The topological polar surface area (TPSA) is 77.4 Å². The molecule has 7 nitrogen and oxygen atoms in total. The van der Waals surface area contributed by atoms with Gasteiger partial charge in [-0.15, -0.1) is 0 Å². The van der Waals surface area contributed by atoms with Crippen LogP contribution >= 0.6 is 15.9 Å². The highest BCUT2D eigenvalue weighted by molar-refractivity contribution is 9.10. The highest BCUT2D eigenvalue weighted by Crippen LogP contribution is 2.37. The lowest BCUT2D eigenvalue weighted by atomic mass is 9.98. The highest BCUT2D eigenvalue weighted by Gasteiger charge is 2.34. The number of hydrazone groups is 1. The first-order chi connectivity index (χ1) is 16.5. The van der Waals surface area contributed by atoms with E-state index in [1.807, 2.05) is 42.5 Å². The molecule has 0 spiro atoms. The van der Waals surface area contributed by atoms with Gasteiger partial charge in [0.2, 0.25) is 0 Å². The standard InChI is InChI=1S/C26H23BrN2O5/c1-32-24-11-8-19(13-25(24)33-2)23-14-22(18-4-3-5-20(27)12-18)28-29(23)26(31)16-34-21-9-6-17(15-30)7-10-21/h3-13,15,23H,14,16H2,1-2H3. The van der Waals surface area contributed by atoms with Gasteiger partial charge < -0.3 is 14.2 Å². The van der Waals surface area contributed by atoms with E-state index in [0.717, 1.165) is 27.6 Å². The van der Waals surface area contributed by atoms with E-state index in [1.165, 1.54) is 5.01 Å². The average Bonchev–Trinajstić information content (AvgIpc) is 3.33. The molecule has 0 saturated heterocycles. The predicted molar refractivity (Wildman–Crippen MR) is 132 cm³/mol. The monoisotopic (exact) mass is 522 g/mol. The van der Waals surface area contributed by atoms with Gasteiger partial charge in [-0.2, -0.15) is 5.10 Å². The Morgan fingerprint density at radius 3 is 2.50 bits per heavy atom. The van der Waals surface area contributed by atoms with Gasteiger partial charge in [-0.3, -0.25) is 9.59 Å². The van der Waals surface area contributed by atoms with Crippen LogP contribution in [0.25, 0.3) is 0 Å². The van der Waals surface area contributed by atoms with Gasteiger partial charge in [0.1, 0.15) is 12.0 Å². The molecule has 0 saturated carbocycles. The Bertz CT molecular complexity index is 1230. The summed E-state index contributed by atoms with van der Waals surface area (Å²) in [5.41, 5.74) is 3.13. The summed E-state index contributed by atoms with van der Waals surface area (Å²) in [5.74, 6) is 1.40. The molecule has 4 rings (SSSR count). The molecule has 3 aromatic carbocycles. The maximum absolute atomic E-state index is 13.2. The zero-order valence-corrected chi connectivity index (χ0v) is 20.3. The highest BCUT2D eigenvalue weighted by atomic mass is 79.9. The van der Waals surface area contributed by atoms with E-state index in [4.69, 9.17) is 14.2 Å². The smallest absolute Gasteiger partial charge is 0.281 e. The number of amides is 1. The number of halogens is 1. The molecular weight excluding hydrogens is 500 g/mol. The molecule has 1 aliphatic rings. The number of methoxy groups -OCH3 is 2. The van der Waals surface area contributed by atoms with Crippen molar-refractivity contribution in [2.75, 3.05) is 20.8 Å². The van der Waals surface area contributed by atoms with Gasteiger partial charge in [0.05, 0.1) is 26.0 Å². The van der Waals surface area contributed by atoms with E-state index in [0.29, 0.717) is 29.2 Å². The van der Waals surface area contributed by atoms with Crippen molar-refractivity contribution < 1.29 is 23.8 Å². The number of aldehydes is 1. The fourth-order valence-electron chi connectivity index (χ4n) is 3.76. The third-order valence-corrected chi connectivity index (χ3v) is 5.99. The zero-order chi connectivity index (χ0) is 24.1. The van der Waals surface area contributed by atoms with E-state index < -0.39 is 0 Å². The first-order valence-electron chi connectivity index (χ1n) is 10.6. The number of nitrogens with zero attached hydrogens (tertiary/aromatic N) is 2. The summed E-state index contributed by atoms with van der Waals surface area (Å²) >= 11 is 3.50. The molecule has 0 aliphatic carbocycles. The Morgan fingerprint density at radius 2 is 1.82 bits per heavy atom. The Morgan fingerprint density at radius 1 is 1.06 bits per heavy atom. The summed E-state index contributed by atoms with van der Waals surface area (Å²) in [6, 6.07) is 19.7. The Labute approximate surface area is 206 Å². The molecule has 3 aromatic rings. The summed E-state index contributed by atoms with van der Waals surface area (Å²) in [7, 11) is 3.16. The van der Waals surface area contributed by atoms with Crippen LogP contribution in [0.5, 0.6) is 17.2 Å². The molecule has 34 heavy (non-hydrogen) atoms. The van der Waals surface area contributed by atoms with E-state index in [-0.39, 0.29) is 18.6 Å². The molecule has 8 heteroatoms. The van der Waals surface area contributed by atoms with E-state index in [2.05, 4.69) is 21.0 Å². The van der Waals surface area contributed by atoms with Crippen LogP contribution in [-0.4, -0.2) is 43.7 Å². The first kappa shape index (κ1) is 23.5. The maximum Gasteiger partial charge on any atom is 0.281 e. The largest absolute Gasteiger partial charge is 0.493 e. The quantitative estimate of drug-likeness (QED) is 0.387. The minimum atomic E-state index is -0.331. The lowest BCUT2D eigenvalue weighted by Crippen LogP contribution is -2.31. The second-order valence-electron chi connectivity index (χ2n) is 7.61. The van der Waals surface area contributed by atoms with E-state index >= 15 is 0 Å². The van der Waals surface area contributed by atoms with Crippen LogP contribution in [0.4, 0.5) is 0 Å². The average molecular weight is 523 g/mol. The Balaban J connectivity index is 1.61. The van der Waals surface area contributed by atoms with Crippen LogP contribution < -0.4 is 14.2 Å². The number of ether oxygens (including phenoxy) is 3. The van der Waals surface area contributed by atoms with Gasteiger partial charge in [-0.1, -0.05) is 34.1 Å². The van der Waals surface area contributed by atoms with Crippen molar-refractivity contribution in [3.05, 3.63) is 87.9 Å². The molecule has 0 N–H and O–H groups in total. The normalized spacial score (nSPS) is 15.0. The molecule has 0 radical (unpaired) electrons. The van der Waals surface area contributed by atoms with Crippen LogP contribution in [0.15, 0.2) is 76.3 Å². The fourth-order valence-corrected chi connectivity index (χ4v) is 4.16. The predicted octanol–water partition coefficient (Wildman–Crippen LogP) is 5.04. The van der Waals surface area contributed by atoms with Gasteiger partial charge in [0.25, 0.3) is 5.91 Å². The third kappa shape index (κ3) is 5.12. The first-order valence-corrected chi connectivity index (χ1v) is 11.4. The van der Waals surface area contributed by atoms with Crippen LogP contribution in [-0.2, 0) is 4.79 Å². The number of rotatable bonds is 8. The van der Waals surface area contributed by atoms with Gasteiger partial charge in [0.15, 0.2) is 18.1 Å². The van der Waals surface area contributed by atoms with Crippen molar-refractivity contribution >= 4 is 33.8 Å². The molecule has 0 bridgehead atoms. The molecule has 1 unspecified atom stereocenters. The second kappa shape index (κ2) is 10.5. The Hall–Kier alpha value is -3.65. The van der Waals surface area contributed by atoms with Crippen molar-refractivity contribution in [1.82, 2.24) is 5.01 Å². The van der Waals surface area contributed by atoms with Crippen LogP contribution in [0, 0.1) is 0 Å². The summed E-state index contributed by atoms with van der Waals surface area (Å²) in [6.45, 7) is -0.195. The molecule has 0 fully saturated rings. The molecule has 1 heterocycles. The van der Waals surface area contributed by atoms with Gasteiger partial charge >= 0.3 is 0 Å². The molecule has 1 aliphatic heterocycles. The molecular formula is C26H23BrN2O5. The number of hydrogen-bond acceptors (Lipinski definition) is 6. The number of hydrogen-bond donors (Lipinski definition) is 0. The zero-order valence-electron chi connectivity index (χ0n) is 18.7. The number of carbonyl (C=O) groups is 2. The lowest BCUT2D eigenvalue weighted by Gasteiger charge is -2.23. The molecule has 1 atom stereocenters. The van der Waals surface area contributed by atoms with E-state index in [1.54, 1.807) is 38.5 Å². The minimum absolute atomic E-state index is 0.195. The molecule has 1 amide bonds. The second-order valence-corrected chi connectivity index (χ2v) is 8.52. The van der Waals surface area contributed by atoms with Gasteiger partial charge in [-0.25, -0.2) is 5.01 Å². The fraction of sp³-hybridized carbons (Fsp3) is 0.192. The van der Waals surface area contributed by atoms with Gasteiger partial charge in [0, 0.05) is 16.5 Å². The van der Waals surface area contributed by atoms with Crippen LogP contribution in [0.1, 0.15) is 33.9 Å². The Kier molecular flexibility index (Phi) is 7.27. The summed E-state index contributed by atoms with van der Waals surface area (Å²) in [5, 5.41) is 6.15. The van der Waals surface area contributed by atoms with E-state index in [9.17, 15) is 9.59 Å². The minimum Gasteiger partial charge on any atom is -0.493 e. The number of carbonyl (C=O) groups excluding carboxylic acids is 2. The van der Waals surface area contributed by atoms with Crippen molar-refractivity contribution in [3.8, 4) is 17.2 Å². The van der Waals surface area contributed by atoms with Crippen LogP contribution in [0.2, 0.25) is 0 Å². The van der Waals surface area contributed by atoms with Crippen molar-refractivity contribution in [1.29, 1.82) is 0 Å². The maximum atomic E-state index is 13.2. The molecule has 174 valence electrons. The summed E-state index contributed by atoms with van der Waals surface area (Å²) in [6.07, 6.45) is 1.29.